The molecule has 1 amide bonds. The second-order valence-electron chi connectivity index (χ2n) is 2.25. The lowest BCUT2D eigenvalue weighted by Crippen LogP contribution is -2.50. The summed E-state index contributed by atoms with van der Waals surface area (Å²) < 4.78 is 4.51. The predicted molar refractivity (Wildman–Crippen MR) is 53.9 cm³/mol. The van der Waals surface area contributed by atoms with Gasteiger partial charge in [0.1, 0.15) is 0 Å². The van der Waals surface area contributed by atoms with Gasteiger partial charge in [-0.15, -0.1) is 0 Å². The van der Waals surface area contributed by atoms with E-state index in [4.69, 9.17) is 5.73 Å². The highest BCUT2D eigenvalue weighted by Gasteiger charge is 2.21. The highest BCUT2D eigenvalue weighted by molar-refractivity contribution is 7.80. The molecule has 0 saturated heterocycles. The largest absolute Gasteiger partial charge is 0.459 e. The smallest absolute Gasteiger partial charge is 0.398 e. The second kappa shape index (κ2) is 6.14. The number of nitrogens with one attached hydrogen (secondary N) is 1. The number of nitrogens with two attached hydrogens (primary N) is 1. The molecule has 6 nitrogen and oxygen atoms in total. The molecule has 0 unspecified atom stereocenters. The number of thiocarbonyl (C=S) groups is 1. The molecule has 0 aromatic heterocycles. The van der Waals surface area contributed by atoms with Gasteiger partial charge in [-0.2, -0.15) is 0 Å². The molecule has 0 aliphatic carbocycles. The van der Waals surface area contributed by atoms with Gasteiger partial charge in [-0.3, -0.25) is 10.2 Å². The summed E-state index contributed by atoms with van der Waals surface area (Å²) in [5.41, 5.74) is 7.52. The quantitative estimate of drug-likeness (QED) is 0.272. The van der Waals surface area contributed by atoms with Crippen molar-refractivity contribution in [2.45, 2.75) is 13.8 Å². The third-order valence-corrected chi connectivity index (χ3v) is 1.35. The first kappa shape index (κ1) is 12.6. The standard InChI is InChI=1S/C7H13N3O3S/c1-3-10(9-7(8)14)5(11)6(12)13-4-2/h3-4H2,1-2H3,(H3,8,9,14). The van der Waals surface area contributed by atoms with E-state index in [0.29, 0.717) is 0 Å². The fraction of sp³-hybridized carbons (Fsp3) is 0.571. The molecule has 14 heavy (non-hydrogen) atoms. The minimum absolute atomic E-state index is 0.0792. The minimum atomic E-state index is -0.932. The molecule has 80 valence electrons. The summed E-state index contributed by atoms with van der Waals surface area (Å²) in [5.74, 6) is -1.75. The van der Waals surface area contributed by atoms with Gasteiger partial charge in [-0.05, 0) is 26.1 Å². The zero-order valence-electron chi connectivity index (χ0n) is 8.07. The summed E-state index contributed by atoms with van der Waals surface area (Å²) in [6.45, 7) is 3.69. The average molecular weight is 219 g/mol. The number of carbonyl (C=O) groups excluding carboxylic acids is 2. The van der Waals surface area contributed by atoms with E-state index in [1.54, 1.807) is 13.8 Å². The first-order chi connectivity index (χ1) is 6.52. The van der Waals surface area contributed by atoms with Crippen LogP contribution in [0.1, 0.15) is 13.8 Å². The fourth-order valence-corrected chi connectivity index (χ4v) is 0.820. The Labute approximate surface area is 87.3 Å². The Morgan fingerprint density at radius 2 is 2.07 bits per heavy atom. The van der Waals surface area contributed by atoms with E-state index in [1.807, 2.05) is 0 Å². The second-order valence-corrected chi connectivity index (χ2v) is 2.69. The Kier molecular flexibility index (Phi) is 5.54. The lowest BCUT2D eigenvalue weighted by molar-refractivity contribution is -0.160. The van der Waals surface area contributed by atoms with Gasteiger partial charge < -0.3 is 10.5 Å². The van der Waals surface area contributed by atoms with Gasteiger partial charge in [-0.1, -0.05) is 0 Å². The Morgan fingerprint density at radius 3 is 2.43 bits per heavy atom. The van der Waals surface area contributed by atoms with Crippen LogP contribution in [-0.2, 0) is 14.3 Å². The molecule has 0 radical (unpaired) electrons. The zero-order valence-corrected chi connectivity index (χ0v) is 8.89. The number of rotatable bonds is 2. The van der Waals surface area contributed by atoms with Crippen molar-refractivity contribution in [2.24, 2.45) is 5.73 Å². The molecular formula is C7H13N3O3S. The molecule has 0 rings (SSSR count). The van der Waals surface area contributed by atoms with Crippen molar-refractivity contribution in [1.82, 2.24) is 10.4 Å². The summed E-state index contributed by atoms with van der Waals surface area (Å²) in [6.07, 6.45) is 0. The number of nitrogens with zero attached hydrogens (tertiary/aromatic N) is 1. The van der Waals surface area contributed by atoms with Crippen LogP contribution in [0.25, 0.3) is 0 Å². The number of amides is 1. The first-order valence-electron chi connectivity index (χ1n) is 4.07. The number of ether oxygens (including phenoxy) is 1. The number of likely N-dealkylation sites (N-methyl/N-ethyl adjacent to an activating group) is 1. The molecule has 0 atom stereocenters. The Hall–Kier alpha value is -1.37. The van der Waals surface area contributed by atoms with Gasteiger partial charge in [0, 0.05) is 6.54 Å². The van der Waals surface area contributed by atoms with Crippen molar-refractivity contribution in [2.75, 3.05) is 13.2 Å². The van der Waals surface area contributed by atoms with E-state index in [9.17, 15) is 9.59 Å². The van der Waals surface area contributed by atoms with E-state index in [-0.39, 0.29) is 18.3 Å². The summed E-state index contributed by atoms with van der Waals surface area (Å²) in [6, 6.07) is 0. The molecule has 0 aromatic rings. The maximum Gasteiger partial charge on any atom is 0.398 e. The lowest BCUT2D eigenvalue weighted by atomic mass is 10.5. The summed E-state index contributed by atoms with van der Waals surface area (Å²) in [4.78, 5) is 22.3. The van der Waals surface area contributed by atoms with E-state index in [0.717, 1.165) is 5.01 Å². The fourth-order valence-electron chi connectivity index (χ4n) is 0.709. The summed E-state index contributed by atoms with van der Waals surface area (Å²) in [7, 11) is 0. The molecule has 3 N–H and O–H groups in total. The molecule has 0 spiro atoms. The van der Waals surface area contributed by atoms with Crippen LogP contribution in [0.4, 0.5) is 0 Å². The van der Waals surface area contributed by atoms with Crippen molar-refractivity contribution < 1.29 is 14.3 Å². The van der Waals surface area contributed by atoms with Crippen LogP contribution in [0.2, 0.25) is 0 Å². The predicted octanol–water partition coefficient (Wildman–Crippen LogP) is -0.854. The van der Waals surface area contributed by atoms with E-state index in [1.165, 1.54) is 0 Å². The highest BCUT2D eigenvalue weighted by Crippen LogP contribution is 1.88. The van der Waals surface area contributed by atoms with Gasteiger partial charge in [0.25, 0.3) is 0 Å². The number of carbonyl (C=O) groups is 2. The van der Waals surface area contributed by atoms with Crippen LogP contribution in [0.5, 0.6) is 0 Å². The Bertz CT molecular complexity index is 244. The molecular weight excluding hydrogens is 206 g/mol. The highest BCUT2D eigenvalue weighted by atomic mass is 32.1. The number of hydrogen-bond donors (Lipinski definition) is 2. The maximum atomic E-state index is 11.3. The van der Waals surface area contributed by atoms with Crippen molar-refractivity contribution in [3.05, 3.63) is 0 Å². The van der Waals surface area contributed by atoms with Crippen LogP contribution in [0.3, 0.4) is 0 Å². The topological polar surface area (TPSA) is 84.7 Å². The maximum absolute atomic E-state index is 11.3. The lowest BCUT2D eigenvalue weighted by Gasteiger charge is -2.20. The van der Waals surface area contributed by atoms with Gasteiger partial charge in [0.2, 0.25) is 0 Å². The van der Waals surface area contributed by atoms with Gasteiger partial charge in [-0.25, -0.2) is 9.80 Å². The van der Waals surface area contributed by atoms with Gasteiger partial charge in [0.15, 0.2) is 5.11 Å². The van der Waals surface area contributed by atoms with Gasteiger partial charge >= 0.3 is 11.9 Å². The van der Waals surface area contributed by atoms with Crippen molar-refractivity contribution in [3.63, 3.8) is 0 Å². The molecule has 0 fully saturated rings. The first-order valence-corrected chi connectivity index (χ1v) is 4.48. The van der Waals surface area contributed by atoms with E-state index >= 15 is 0 Å². The average Bonchev–Trinajstić information content (AvgIpc) is 2.13. The third kappa shape index (κ3) is 4.04. The van der Waals surface area contributed by atoms with Crippen LogP contribution in [0.15, 0.2) is 0 Å². The van der Waals surface area contributed by atoms with Crippen molar-refractivity contribution >= 4 is 29.2 Å². The molecule has 0 heterocycles. The monoisotopic (exact) mass is 219 g/mol. The van der Waals surface area contributed by atoms with Crippen LogP contribution in [0, 0.1) is 0 Å². The van der Waals surface area contributed by atoms with Gasteiger partial charge in [0.05, 0.1) is 6.61 Å². The molecule has 0 aromatic carbocycles. The van der Waals surface area contributed by atoms with Crippen molar-refractivity contribution in [1.29, 1.82) is 0 Å². The molecule has 0 saturated carbocycles. The van der Waals surface area contributed by atoms with Crippen LogP contribution >= 0.6 is 12.2 Å². The number of esters is 1. The van der Waals surface area contributed by atoms with E-state index in [2.05, 4.69) is 22.4 Å². The minimum Gasteiger partial charge on any atom is -0.459 e. The molecule has 0 bridgehead atoms. The Morgan fingerprint density at radius 1 is 1.50 bits per heavy atom. The van der Waals surface area contributed by atoms with Crippen molar-refractivity contribution in [3.8, 4) is 0 Å². The summed E-state index contributed by atoms with van der Waals surface area (Å²) in [5, 5.41) is 0.907. The summed E-state index contributed by atoms with van der Waals surface area (Å²) >= 11 is 4.53. The molecule has 7 heteroatoms. The number of hydrogen-bond acceptors (Lipinski definition) is 4. The van der Waals surface area contributed by atoms with E-state index < -0.39 is 11.9 Å². The Balaban J connectivity index is 4.30. The third-order valence-electron chi connectivity index (χ3n) is 1.26. The van der Waals surface area contributed by atoms with Crippen LogP contribution < -0.4 is 11.2 Å². The zero-order chi connectivity index (χ0) is 11.1. The molecule has 0 aliphatic heterocycles. The normalized spacial score (nSPS) is 9.00. The SMILES string of the molecule is CCOC(=O)C(=O)N(CC)NC(N)=S. The molecule has 0 aliphatic rings. The number of hydrazine groups is 1. The van der Waals surface area contributed by atoms with Crippen LogP contribution in [-0.4, -0.2) is 35.1 Å².